The topological polar surface area (TPSA) is 101 Å². The van der Waals surface area contributed by atoms with Gasteiger partial charge in [-0.15, -0.1) is 10.2 Å². The summed E-state index contributed by atoms with van der Waals surface area (Å²) in [5, 5.41) is 8.30. The Labute approximate surface area is 164 Å². The molecular weight excluding hydrogens is 376 g/mol. The summed E-state index contributed by atoms with van der Waals surface area (Å²) in [6.45, 7) is 5.37. The summed E-state index contributed by atoms with van der Waals surface area (Å²) in [6, 6.07) is 9.09. The fraction of sp³-hybridized carbons (Fsp3) is 0.400. The largest absolute Gasteiger partial charge is 0.420 e. The average Bonchev–Trinajstić information content (AvgIpc) is 3.18. The third kappa shape index (κ3) is 3.38. The van der Waals surface area contributed by atoms with Gasteiger partial charge in [0.1, 0.15) is 4.90 Å². The maximum atomic E-state index is 13.2. The minimum Gasteiger partial charge on any atom is -0.420 e. The first kappa shape index (κ1) is 18.9. The third-order valence-electron chi connectivity index (χ3n) is 5.33. The fourth-order valence-electron chi connectivity index (χ4n) is 3.61. The first-order valence-corrected chi connectivity index (χ1v) is 11.0. The standard InChI is InChI=1S/C20H24N4O3S/c1-12(15-8-5-4-6-9-15)24-28(25,26)18-14(3)21-13(2)17(18)20-23-22-19(27-20)16-10-7-11-16/h4-6,8-9,12,16,21,24H,7,10-11H2,1-3H3. The molecule has 2 N–H and O–H groups in total. The molecule has 1 unspecified atom stereocenters. The van der Waals surface area contributed by atoms with E-state index in [1.54, 1.807) is 6.92 Å². The van der Waals surface area contributed by atoms with Crippen LogP contribution >= 0.6 is 0 Å². The van der Waals surface area contributed by atoms with Gasteiger partial charge in [-0.2, -0.15) is 0 Å². The van der Waals surface area contributed by atoms with Crippen molar-refractivity contribution in [3.05, 3.63) is 53.2 Å². The van der Waals surface area contributed by atoms with Gasteiger partial charge in [0, 0.05) is 23.3 Å². The Hall–Kier alpha value is -2.45. The van der Waals surface area contributed by atoms with E-state index in [4.69, 9.17) is 4.42 Å². The van der Waals surface area contributed by atoms with Gasteiger partial charge >= 0.3 is 0 Å². The van der Waals surface area contributed by atoms with Crippen LogP contribution in [0.2, 0.25) is 0 Å². The molecule has 1 atom stereocenters. The van der Waals surface area contributed by atoms with E-state index in [0.717, 1.165) is 24.8 Å². The summed E-state index contributed by atoms with van der Waals surface area (Å²) in [7, 11) is -3.81. The Morgan fingerprint density at radius 2 is 1.86 bits per heavy atom. The van der Waals surface area contributed by atoms with Crippen LogP contribution in [0, 0.1) is 13.8 Å². The van der Waals surface area contributed by atoms with Gasteiger partial charge in [0.15, 0.2) is 0 Å². The van der Waals surface area contributed by atoms with E-state index in [2.05, 4.69) is 19.9 Å². The second-order valence-corrected chi connectivity index (χ2v) is 9.06. The van der Waals surface area contributed by atoms with Gasteiger partial charge in [0.05, 0.1) is 5.56 Å². The third-order valence-corrected chi connectivity index (χ3v) is 7.04. The molecule has 7 nitrogen and oxygen atoms in total. The van der Waals surface area contributed by atoms with Gasteiger partial charge in [-0.05, 0) is 39.2 Å². The maximum Gasteiger partial charge on any atom is 0.250 e. The molecule has 2 heterocycles. The molecule has 0 aliphatic heterocycles. The number of aromatic nitrogens is 3. The summed E-state index contributed by atoms with van der Waals surface area (Å²) in [4.78, 5) is 3.28. The lowest BCUT2D eigenvalue weighted by molar-refractivity contribution is 0.338. The highest BCUT2D eigenvalue weighted by Gasteiger charge is 2.32. The van der Waals surface area contributed by atoms with E-state index in [0.29, 0.717) is 22.8 Å². The molecule has 4 rings (SSSR count). The Morgan fingerprint density at radius 3 is 2.50 bits per heavy atom. The number of hydrogen-bond donors (Lipinski definition) is 2. The Morgan fingerprint density at radius 1 is 1.14 bits per heavy atom. The fourth-order valence-corrected chi connectivity index (χ4v) is 5.29. The molecule has 1 aromatic carbocycles. The van der Waals surface area contributed by atoms with Crippen molar-refractivity contribution in [1.82, 2.24) is 19.9 Å². The summed E-state index contributed by atoms with van der Waals surface area (Å²) in [5.74, 6) is 1.13. The number of hydrogen-bond acceptors (Lipinski definition) is 5. The van der Waals surface area contributed by atoms with Crippen molar-refractivity contribution < 1.29 is 12.8 Å². The summed E-state index contributed by atoms with van der Waals surface area (Å²) in [6.07, 6.45) is 3.23. The molecule has 148 valence electrons. The molecule has 1 aliphatic rings. The Balaban J connectivity index is 1.70. The number of benzene rings is 1. The van der Waals surface area contributed by atoms with Gasteiger partial charge < -0.3 is 9.40 Å². The van der Waals surface area contributed by atoms with Gasteiger partial charge in [0.25, 0.3) is 5.89 Å². The SMILES string of the molecule is Cc1[nH]c(C)c(S(=O)(=O)NC(C)c2ccccc2)c1-c1nnc(C2CCC2)o1. The van der Waals surface area contributed by atoms with Crippen LogP contribution in [-0.4, -0.2) is 23.6 Å². The van der Waals surface area contributed by atoms with Crippen LogP contribution in [0.5, 0.6) is 0 Å². The van der Waals surface area contributed by atoms with Crippen molar-refractivity contribution in [2.45, 2.75) is 56.9 Å². The van der Waals surface area contributed by atoms with Gasteiger partial charge in [-0.1, -0.05) is 36.8 Å². The first-order valence-electron chi connectivity index (χ1n) is 9.47. The number of aryl methyl sites for hydroxylation is 2. The number of sulfonamides is 1. The van der Waals surface area contributed by atoms with Gasteiger partial charge in [-0.25, -0.2) is 13.1 Å². The van der Waals surface area contributed by atoms with E-state index in [-0.39, 0.29) is 22.7 Å². The minimum absolute atomic E-state index is 0.164. The number of nitrogens with zero attached hydrogens (tertiary/aromatic N) is 2. The zero-order valence-electron chi connectivity index (χ0n) is 16.2. The smallest absolute Gasteiger partial charge is 0.250 e. The minimum atomic E-state index is -3.81. The quantitative estimate of drug-likeness (QED) is 0.651. The molecule has 0 radical (unpaired) electrons. The molecule has 3 aromatic rings. The molecule has 0 spiro atoms. The number of aromatic amines is 1. The highest BCUT2D eigenvalue weighted by molar-refractivity contribution is 7.89. The number of rotatable bonds is 6. The zero-order chi connectivity index (χ0) is 19.9. The molecule has 0 amide bonds. The van der Waals surface area contributed by atoms with E-state index in [1.165, 1.54) is 0 Å². The zero-order valence-corrected chi connectivity index (χ0v) is 17.0. The summed E-state index contributed by atoms with van der Waals surface area (Å²) >= 11 is 0. The predicted molar refractivity (Wildman–Crippen MR) is 105 cm³/mol. The van der Waals surface area contributed by atoms with Crippen LogP contribution in [0.3, 0.4) is 0 Å². The number of nitrogens with one attached hydrogen (secondary N) is 2. The highest BCUT2D eigenvalue weighted by Crippen LogP contribution is 2.38. The second kappa shape index (κ2) is 7.18. The lowest BCUT2D eigenvalue weighted by Crippen LogP contribution is -2.27. The lowest BCUT2D eigenvalue weighted by Gasteiger charge is -2.20. The maximum absolute atomic E-state index is 13.2. The van der Waals surface area contributed by atoms with Crippen LogP contribution in [-0.2, 0) is 10.0 Å². The molecule has 1 aliphatic carbocycles. The van der Waals surface area contributed by atoms with Crippen molar-refractivity contribution in [1.29, 1.82) is 0 Å². The number of H-pyrrole nitrogens is 1. The molecule has 1 saturated carbocycles. The van der Waals surface area contributed by atoms with Crippen LogP contribution in [0.4, 0.5) is 0 Å². The van der Waals surface area contributed by atoms with E-state index in [1.807, 2.05) is 44.2 Å². The normalized spacial score (nSPS) is 16.1. The summed E-state index contributed by atoms with van der Waals surface area (Å²) < 4.78 is 35.1. The van der Waals surface area contributed by atoms with Gasteiger partial charge in [0.2, 0.25) is 15.9 Å². The van der Waals surface area contributed by atoms with Crippen LogP contribution in [0.1, 0.15) is 61.0 Å². The van der Waals surface area contributed by atoms with Crippen LogP contribution in [0.15, 0.2) is 39.6 Å². The molecule has 0 saturated heterocycles. The molecule has 8 heteroatoms. The molecule has 1 fully saturated rings. The Bertz CT molecular complexity index is 1080. The van der Waals surface area contributed by atoms with Crippen molar-refractivity contribution in [3.8, 4) is 11.5 Å². The van der Waals surface area contributed by atoms with Crippen LogP contribution < -0.4 is 4.72 Å². The molecule has 0 bridgehead atoms. The molecule has 28 heavy (non-hydrogen) atoms. The second-order valence-electron chi connectivity index (χ2n) is 7.41. The van der Waals surface area contributed by atoms with Crippen molar-refractivity contribution in [2.24, 2.45) is 0 Å². The lowest BCUT2D eigenvalue weighted by atomic mass is 9.85. The van der Waals surface area contributed by atoms with Gasteiger partial charge in [-0.3, -0.25) is 0 Å². The average molecular weight is 401 g/mol. The monoisotopic (exact) mass is 400 g/mol. The first-order chi connectivity index (χ1) is 13.4. The van der Waals surface area contributed by atoms with E-state index >= 15 is 0 Å². The van der Waals surface area contributed by atoms with Crippen molar-refractivity contribution >= 4 is 10.0 Å². The van der Waals surface area contributed by atoms with Crippen molar-refractivity contribution in [2.75, 3.05) is 0 Å². The summed E-state index contributed by atoms with van der Waals surface area (Å²) in [5.41, 5.74) is 2.57. The molecular formula is C20H24N4O3S. The molecule has 2 aromatic heterocycles. The Kier molecular flexibility index (Phi) is 4.84. The van der Waals surface area contributed by atoms with Crippen LogP contribution in [0.25, 0.3) is 11.5 Å². The highest BCUT2D eigenvalue weighted by atomic mass is 32.2. The predicted octanol–water partition coefficient (Wildman–Crippen LogP) is 3.99. The van der Waals surface area contributed by atoms with Crippen molar-refractivity contribution in [3.63, 3.8) is 0 Å². The van der Waals surface area contributed by atoms with E-state index < -0.39 is 10.0 Å². The van der Waals surface area contributed by atoms with E-state index in [9.17, 15) is 8.42 Å².